The van der Waals surface area contributed by atoms with E-state index in [0.717, 1.165) is 18.4 Å². The number of unbranched alkanes of at least 4 members (excludes halogenated alkanes) is 1. The first-order chi connectivity index (χ1) is 12.0. The number of methoxy groups -OCH3 is 1. The summed E-state index contributed by atoms with van der Waals surface area (Å²) in [7, 11) is 1.67. The van der Waals surface area contributed by atoms with Crippen molar-refractivity contribution in [3.8, 4) is 11.8 Å². The van der Waals surface area contributed by atoms with Crippen LogP contribution in [0.25, 0.3) is 0 Å². The van der Waals surface area contributed by atoms with Gasteiger partial charge in [0, 0.05) is 32.9 Å². The number of aryl methyl sites for hydroxylation is 1. The van der Waals surface area contributed by atoms with Crippen molar-refractivity contribution in [3.05, 3.63) is 23.3 Å². The Kier molecular flexibility index (Phi) is 6.40. The molecule has 1 aliphatic heterocycles. The van der Waals surface area contributed by atoms with Crippen LogP contribution in [-0.2, 0) is 14.3 Å². The number of rotatable bonds is 8. The number of benzene rings is 1. The van der Waals surface area contributed by atoms with Crippen LogP contribution in [0.5, 0.6) is 5.75 Å². The molecule has 0 aromatic heterocycles. The Morgan fingerprint density at radius 1 is 1.36 bits per heavy atom. The smallest absolute Gasteiger partial charge is 0.273 e. The third-order valence-corrected chi connectivity index (χ3v) is 4.31. The Bertz CT molecular complexity index is 668. The number of hydrogen-bond donors (Lipinski definition) is 0. The van der Waals surface area contributed by atoms with E-state index in [9.17, 15) is 10.1 Å². The summed E-state index contributed by atoms with van der Waals surface area (Å²) in [5.41, 5.74) is 0.999. The molecule has 0 fully saturated rings. The fourth-order valence-electron chi connectivity index (χ4n) is 2.89. The van der Waals surface area contributed by atoms with E-state index in [4.69, 9.17) is 14.2 Å². The highest BCUT2D eigenvalue weighted by atomic mass is 16.6. The number of nitrogens with zero attached hydrogens (tertiary/aromatic N) is 2. The van der Waals surface area contributed by atoms with Gasteiger partial charge in [0.25, 0.3) is 5.91 Å². The molecule has 1 heterocycles. The summed E-state index contributed by atoms with van der Waals surface area (Å²) in [4.78, 5) is 14.8. The molecular formula is C19H26N2O4. The lowest BCUT2D eigenvalue weighted by Gasteiger charge is -2.40. The molecule has 0 radical (unpaired) electrons. The molecule has 0 saturated heterocycles. The molecule has 1 aromatic rings. The van der Waals surface area contributed by atoms with Crippen LogP contribution in [0, 0.1) is 18.3 Å². The Morgan fingerprint density at radius 2 is 2.12 bits per heavy atom. The molecule has 25 heavy (non-hydrogen) atoms. The molecule has 0 aliphatic carbocycles. The van der Waals surface area contributed by atoms with Gasteiger partial charge in [0.15, 0.2) is 0 Å². The Labute approximate surface area is 149 Å². The van der Waals surface area contributed by atoms with Gasteiger partial charge in [-0.05, 0) is 45.2 Å². The van der Waals surface area contributed by atoms with Crippen LogP contribution in [0.1, 0.15) is 37.8 Å². The highest BCUT2D eigenvalue weighted by molar-refractivity contribution is 6.03. The van der Waals surface area contributed by atoms with Crippen molar-refractivity contribution >= 4 is 11.6 Å². The van der Waals surface area contributed by atoms with E-state index >= 15 is 0 Å². The van der Waals surface area contributed by atoms with E-state index in [2.05, 4.69) is 6.07 Å². The molecule has 0 saturated carbocycles. The average Bonchev–Trinajstić information content (AvgIpc) is 2.60. The van der Waals surface area contributed by atoms with Gasteiger partial charge in [-0.2, -0.15) is 5.26 Å². The number of fused-ring (bicyclic) bond motifs is 1. The molecule has 1 atom stereocenters. The first-order valence-corrected chi connectivity index (χ1v) is 8.59. The number of carbonyl (C=O) groups is 1. The maximum absolute atomic E-state index is 13.1. The molecule has 1 aromatic carbocycles. The van der Waals surface area contributed by atoms with Gasteiger partial charge >= 0.3 is 0 Å². The van der Waals surface area contributed by atoms with Crippen molar-refractivity contribution in [2.24, 2.45) is 0 Å². The lowest BCUT2D eigenvalue weighted by atomic mass is 9.99. The van der Waals surface area contributed by atoms with Gasteiger partial charge in [0.1, 0.15) is 5.75 Å². The quantitative estimate of drug-likeness (QED) is 0.677. The second-order valence-corrected chi connectivity index (χ2v) is 6.37. The minimum atomic E-state index is -1.09. The summed E-state index contributed by atoms with van der Waals surface area (Å²) in [6.07, 6.45) is 1.69. The minimum absolute atomic E-state index is 0.116. The van der Waals surface area contributed by atoms with Gasteiger partial charge in [0.05, 0.1) is 23.9 Å². The molecular weight excluding hydrogens is 320 g/mol. The first-order valence-electron chi connectivity index (χ1n) is 8.59. The molecule has 1 unspecified atom stereocenters. The lowest BCUT2D eigenvalue weighted by Crippen LogP contribution is -2.57. The molecule has 0 N–H and O–H groups in total. The number of ether oxygens (including phenoxy) is 3. The monoisotopic (exact) mass is 346 g/mol. The van der Waals surface area contributed by atoms with Gasteiger partial charge in [-0.25, -0.2) is 0 Å². The van der Waals surface area contributed by atoms with E-state index in [1.54, 1.807) is 25.0 Å². The molecule has 2 rings (SSSR count). The summed E-state index contributed by atoms with van der Waals surface area (Å²) in [6, 6.07) is 5.73. The maximum atomic E-state index is 13.1. The standard InChI is InChI=1S/C19H26N2O4/c1-5-24-13-19(3)18(22)21(8-6-7-9-23-4)16-10-14(2)15(12-20)11-17(16)25-19/h10-11H,5-9,13H2,1-4H3. The van der Waals surface area contributed by atoms with Crippen LogP contribution in [0.15, 0.2) is 12.1 Å². The van der Waals surface area contributed by atoms with Crippen molar-refractivity contribution in [2.75, 3.05) is 38.4 Å². The topological polar surface area (TPSA) is 71.8 Å². The summed E-state index contributed by atoms with van der Waals surface area (Å²) in [5.74, 6) is 0.436. The lowest BCUT2D eigenvalue weighted by molar-refractivity contribution is -0.139. The number of anilines is 1. The second kappa shape index (κ2) is 8.32. The summed E-state index contributed by atoms with van der Waals surface area (Å²) >= 11 is 0. The predicted octanol–water partition coefficient (Wildman–Crippen LogP) is 2.81. The zero-order valence-electron chi connectivity index (χ0n) is 15.4. The third-order valence-electron chi connectivity index (χ3n) is 4.31. The Balaban J connectivity index is 2.37. The van der Waals surface area contributed by atoms with E-state index in [-0.39, 0.29) is 12.5 Å². The van der Waals surface area contributed by atoms with E-state index in [1.807, 2.05) is 19.9 Å². The van der Waals surface area contributed by atoms with Gasteiger partial charge in [0.2, 0.25) is 5.60 Å². The zero-order chi connectivity index (χ0) is 18.4. The molecule has 1 aliphatic rings. The normalized spacial score (nSPS) is 19.3. The zero-order valence-corrected chi connectivity index (χ0v) is 15.4. The van der Waals surface area contributed by atoms with Gasteiger partial charge < -0.3 is 19.1 Å². The van der Waals surface area contributed by atoms with Crippen molar-refractivity contribution in [1.82, 2.24) is 0 Å². The van der Waals surface area contributed by atoms with Crippen LogP contribution in [0.3, 0.4) is 0 Å². The first kappa shape index (κ1) is 19.2. The fraction of sp³-hybridized carbons (Fsp3) is 0.579. The number of hydrogen-bond acceptors (Lipinski definition) is 5. The number of carbonyl (C=O) groups excluding carboxylic acids is 1. The van der Waals surface area contributed by atoms with Crippen molar-refractivity contribution in [1.29, 1.82) is 5.26 Å². The largest absolute Gasteiger partial charge is 0.473 e. The summed E-state index contributed by atoms with van der Waals surface area (Å²) in [6.45, 7) is 7.39. The second-order valence-electron chi connectivity index (χ2n) is 6.37. The highest BCUT2D eigenvalue weighted by Gasteiger charge is 2.45. The summed E-state index contributed by atoms with van der Waals surface area (Å²) in [5, 5.41) is 9.29. The van der Waals surface area contributed by atoms with Gasteiger partial charge in [-0.15, -0.1) is 0 Å². The molecule has 0 spiro atoms. The van der Waals surface area contributed by atoms with Crippen LogP contribution in [-0.4, -0.2) is 45.0 Å². The Morgan fingerprint density at radius 3 is 2.76 bits per heavy atom. The van der Waals surface area contributed by atoms with E-state index in [0.29, 0.717) is 36.8 Å². The van der Waals surface area contributed by atoms with Crippen molar-refractivity contribution in [3.63, 3.8) is 0 Å². The molecule has 0 bridgehead atoms. The van der Waals surface area contributed by atoms with Gasteiger partial charge in [-0.3, -0.25) is 4.79 Å². The third kappa shape index (κ3) is 4.12. The maximum Gasteiger partial charge on any atom is 0.273 e. The van der Waals surface area contributed by atoms with Crippen LogP contribution >= 0.6 is 0 Å². The van der Waals surface area contributed by atoms with Crippen LogP contribution in [0.2, 0.25) is 0 Å². The average molecular weight is 346 g/mol. The van der Waals surface area contributed by atoms with Gasteiger partial charge in [-0.1, -0.05) is 0 Å². The number of amides is 1. The van der Waals surface area contributed by atoms with E-state index in [1.165, 1.54) is 0 Å². The van der Waals surface area contributed by atoms with Crippen LogP contribution < -0.4 is 9.64 Å². The SMILES string of the molecule is CCOCC1(C)Oc2cc(C#N)c(C)cc2N(CCCCOC)C1=O. The Hall–Kier alpha value is -2.10. The molecule has 6 nitrogen and oxygen atoms in total. The predicted molar refractivity (Wildman–Crippen MR) is 94.9 cm³/mol. The summed E-state index contributed by atoms with van der Waals surface area (Å²) < 4.78 is 16.6. The van der Waals surface area contributed by atoms with Crippen molar-refractivity contribution < 1.29 is 19.0 Å². The van der Waals surface area contributed by atoms with E-state index < -0.39 is 5.60 Å². The molecule has 136 valence electrons. The fourth-order valence-corrected chi connectivity index (χ4v) is 2.89. The minimum Gasteiger partial charge on any atom is -0.473 e. The molecule has 1 amide bonds. The van der Waals surface area contributed by atoms with Crippen LogP contribution in [0.4, 0.5) is 5.69 Å². The number of nitriles is 1. The molecule has 6 heteroatoms. The van der Waals surface area contributed by atoms with Crippen molar-refractivity contribution in [2.45, 2.75) is 39.2 Å². The highest BCUT2D eigenvalue weighted by Crippen LogP contribution is 2.40.